The number of aryl methyl sites for hydroxylation is 4. The van der Waals surface area contributed by atoms with Gasteiger partial charge in [0.25, 0.3) is 0 Å². The normalized spacial score (nSPS) is 14.9. The van der Waals surface area contributed by atoms with Gasteiger partial charge in [-0.05, 0) is 54.7 Å². The fraction of sp³-hybridized carbons (Fsp3) is 0.250. The van der Waals surface area contributed by atoms with Gasteiger partial charge in [0.05, 0.1) is 10.9 Å². The van der Waals surface area contributed by atoms with Gasteiger partial charge in [-0.25, -0.2) is 0 Å². The molecule has 0 unspecified atom stereocenters. The van der Waals surface area contributed by atoms with E-state index in [1.54, 1.807) is 0 Å². The Morgan fingerprint density at radius 3 is 2.48 bits per heavy atom. The molecule has 0 atom stereocenters. The van der Waals surface area contributed by atoms with Crippen molar-refractivity contribution in [3.8, 4) is 34.3 Å². The maximum absolute atomic E-state index is 5.89. The van der Waals surface area contributed by atoms with E-state index in [9.17, 15) is 0 Å². The summed E-state index contributed by atoms with van der Waals surface area (Å²) in [5.41, 5.74) is 6.60. The smallest absolute Gasteiger partial charge is 0.231 e. The van der Waals surface area contributed by atoms with Crippen LogP contribution in [0.5, 0.6) is 23.0 Å². The van der Waals surface area contributed by atoms with Crippen LogP contribution in [0.4, 0.5) is 0 Å². The van der Waals surface area contributed by atoms with E-state index < -0.39 is 0 Å². The van der Waals surface area contributed by atoms with Crippen molar-refractivity contribution in [1.82, 2.24) is 0 Å². The van der Waals surface area contributed by atoms with Crippen molar-refractivity contribution in [2.45, 2.75) is 32.2 Å². The number of fused-ring (bicyclic) bond motifs is 7. The fourth-order valence-corrected chi connectivity index (χ4v) is 5.42. The fourth-order valence-electron chi connectivity index (χ4n) is 5.42. The summed E-state index contributed by atoms with van der Waals surface area (Å²) < 4.78 is 25.4. The highest BCUT2D eigenvalue weighted by atomic mass is 16.7. The van der Waals surface area contributed by atoms with E-state index in [1.807, 2.05) is 6.07 Å². The molecule has 7 rings (SSSR count). The van der Waals surface area contributed by atoms with E-state index in [2.05, 4.69) is 59.3 Å². The first kappa shape index (κ1) is 18.8. The van der Waals surface area contributed by atoms with Gasteiger partial charge in [0, 0.05) is 17.4 Å². The summed E-state index contributed by atoms with van der Waals surface area (Å²) in [4.78, 5) is 0. The van der Waals surface area contributed by atoms with Gasteiger partial charge in [0.2, 0.25) is 19.3 Å². The summed E-state index contributed by atoms with van der Waals surface area (Å²) in [6.45, 7) is 1.50. The van der Waals surface area contributed by atoms with Crippen LogP contribution in [0.15, 0.2) is 60.8 Å². The Labute approximate surface area is 192 Å². The van der Waals surface area contributed by atoms with Gasteiger partial charge in [0.1, 0.15) is 0 Å². The lowest BCUT2D eigenvalue weighted by molar-refractivity contribution is -0.686. The molecule has 0 radical (unpaired) electrons. The summed E-state index contributed by atoms with van der Waals surface area (Å²) in [6.07, 6.45) is 6.31. The van der Waals surface area contributed by atoms with Gasteiger partial charge in [-0.2, -0.15) is 4.57 Å². The van der Waals surface area contributed by atoms with Crippen LogP contribution >= 0.6 is 0 Å². The third-order valence-electron chi connectivity index (χ3n) is 6.97. The van der Waals surface area contributed by atoms with E-state index in [0.29, 0.717) is 6.79 Å². The molecule has 0 aliphatic carbocycles. The van der Waals surface area contributed by atoms with Crippen LogP contribution in [0.3, 0.4) is 0 Å². The second kappa shape index (κ2) is 7.41. The molecule has 4 aromatic rings. The summed E-state index contributed by atoms with van der Waals surface area (Å²) >= 11 is 0. The quantitative estimate of drug-likeness (QED) is 0.421. The predicted octanol–water partition coefficient (Wildman–Crippen LogP) is 4.98. The number of hydrogen-bond acceptors (Lipinski definition) is 4. The van der Waals surface area contributed by atoms with Crippen molar-refractivity contribution in [2.24, 2.45) is 0 Å². The van der Waals surface area contributed by atoms with E-state index in [-0.39, 0.29) is 6.79 Å². The molecule has 3 aliphatic rings. The monoisotopic (exact) mass is 438 g/mol. The highest BCUT2D eigenvalue weighted by Crippen LogP contribution is 2.45. The molecule has 0 N–H and O–H groups in total. The molecule has 164 valence electrons. The van der Waals surface area contributed by atoms with Crippen LogP contribution < -0.4 is 23.5 Å². The molecule has 5 nitrogen and oxygen atoms in total. The zero-order valence-electron chi connectivity index (χ0n) is 18.3. The lowest BCUT2D eigenvalue weighted by Gasteiger charge is -2.20. The zero-order valence-corrected chi connectivity index (χ0v) is 18.3. The van der Waals surface area contributed by atoms with Gasteiger partial charge < -0.3 is 18.9 Å². The lowest BCUT2D eigenvalue weighted by Crippen LogP contribution is -2.41. The first-order valence-electron chi connectivity index (χ1n) is 11.6. The minimum Gasteiger partial charge on any atom is -0.454 e. The molecule has 0 amide bonds. The van der Waals surface area contributed by atoms with Crippen molar-refractivity contribution < 1.29 is 23.5 Å². The van der Waals surface area contributed by atoms with Gasteiger partial charge in [-0.15, -0.1) is 0 Å². The number of aromatic nitrogens is 1. The van der Waals surface area contributed by atoms with E-state index in [0.717, 1.165) is 60.6 Å². The molecule has 5 heteroatoms. The number of pyridine rings is 1. The Kier molecular flexibility index (Phi) is 4.22. The van der Waals surface area contributed by atoms with Gasteiger partial charge in [0.15, 0.2) is 35.7 Å². The largest absolute Gasteiger partial charge is 0.454 e. The maximum Gasteiger partial charge on any atom is 0.231 e. The summed E-state index contributed by atoms with van der Waals surface area (Å²) in [7, 11) is 0. The SMILES string of the molecule is c1ccc(CCCc2c3[n+](cc4c5c(ccc24)OCO5)CCc2cc4c(cc2-3)OCO4)cc1. The highest BCUT2D eigenvalue weighted by molar-refractivity contribution is 5.95. The minimum atomic E-state index is 0.284. The molecule has 1 aromatic heterocycles. The van der Waals surface area contributed by atoms with Crippen LogP contribution in [-0.4, -0.2) is 13.6 Å². The average Bonchev–Trinajstić information content (AvgIpc) is 3.52. The standard InChI is InChI=1S/C28H24NO4/c1-2-5-18(6-3-1)7-4-8-21-20-9-10-24-28(33-17-30-24)23(20)15-29-12-11-19-13-25-26(32-16-31-25)14-22(19)27(21)29/h1-3,5-6,9-10,13-15H,4,7-8,11-12,16-17H2/q+1. The van der Waals surface area contributed by atoms with Gasteiger partial charge in [-0.1, -0.05) is 30.3 Å². The highest BCUT2D eigenvalue weighted by Gasteiger charge is 2.32. The van der Waals surface area contributed by atoms with E-state index in [1.165, 1.54) is 33.3 Å². The van der Waals surface area contributed by atoms with Gasteiger partial charge in [-0.3, -0.25) is 0 Å². The third-order valence-corrected chi connectivity index (χ3v) is 6.97. The van der Waals surface area contributed by atoms with Crippen LogP contribution in [0.1, 0.15) is 23.1 Å². The topological polar surface area (TPSA) is 40.8 Å². The summed E-state index contributed by atoms with van der Waals surface area (Å²) in [5, 5.41) is 2.37. The average molecular weight is 439 g/mol. The Balaban J connectivity index is 1.39. The van der Waals surface area contributed by atoms with E-state index in [4.69, 9.17) is 18.9 Å². The maximum atomic E-state index is 5.89. The number of ether oxygens (including phenoxy) is 4. The molecule has 0 bridgehead atoms. The second-order valence-electron chi connectivity index (χ2n) is 8.86. The third kappa shape index (κ3) is 3.03. The number of benzene rings is 3. The molecule has 3 aliphatic heterocycles. The number of rotatable bonds is 4. The first-order chi connectivity index (χ1) is 16.3. The lowest BCUT2D eigenvalue weighted by atomic mass is 9.89. The zero-order chi connectivity index (χ0) is 21.8. The van der Waals surface area contributed by atoms with Crippen molar-refractivity contribution in [3.63, 3.8) is 0 Å². The molecule has 33 heavy (non-hydrogen) atoms. The Bertz CT molecular complexity index is 1400. The second-order valence-corrected chi connectivity index (χ2v) is 8.86. The van der Waals surface area contributed by atoms with Crippen molar-refractivity contribution in [3.05, 3.63) is 77.5 Å². The van der Waals surface area contributed by atoms with Crippen molar-refractivity contribution in [2.75, 3.05) is 13.6 Å². The summed E-state index contributed by atoms with van der Waals surface area (Å²) in [6, 6.07) is 19.3. The van der Waals surface area contributed by atoms with Crippen LogP contribution in [-0.2, 0) is 25.8 Å². The summed E-state index contributed by atoms with van der Waals surface area (Å²) in [5.74, 6) is 3.39. The van der Waals surface area contributed by atoms with Crippen molar-refractivity contribution >= 4 is 10.8 Å². The van der Waals surface area contributed by atoms with Crippen molar-refractivity contribution in [1.29, 1.82) is 0 Å². The molecule has 3 aromatic carbocycles. The van der Waals surface area contributed by atoms with E-state index >= 15 is 0 Å². The molecule has 0 fully saturated rings. The van der Waals surface area contributed by atoms with Crippen LogP contribution in [0, 0.1) is 0 Å². The minimum absolute atomic E-state index is 0.284. The Morgan fingerprint density at radius 1 is 0.758 bits per heavy atom. The molecule has 4 heterocycles. The molecule has 0 saturated carbocycles. The van der Waals surface area contributed by atoms with Crippen LogP contribution in [0.2, 0.25) is 0 Å². The number of hydrogen-bond donors (Lipinski definition) is 0. The predicted molar refractivity (Wildman–Crippen MR) is 124 cm³/mol. The molecular formula is C28H24NO4+. The molecule has 0 saturated heterocycles. The Hall–Kier alpha value is -3.73. The number of nitrogens with zero attached hydrogens (tertiary/aromatic N) is 1. The van der Waals surface area contributed by atoms with Gasteiger partial charge >= 0.3 is 0 Å². The Morgan fingerprint density at radius 2 is 1.58 bits per heavy atom. The van der Waals surface area contributed by atoms with Crippen LogP contribution in [0.25, 0.3) is 22.0 Å². The molecular weight excluding hydrogens is 414 g/mol. The molecule has 0 spiro atoms. The first-order valence-corrected chi connectivity index (χ1v) is 11.6.